The maximum Gasteiger partial charge on any atom is 0.247 e. The van der Waals surface area contributed by atoms with Gasteiger partial charge in [0.1, 0.15) is 5.82 Å². The quantitative estimate of drug-likeness (QED) is 0.766. The van der Waals surface area contributed by atoms with Gasteiger partial charge in [-0.2, -0.15) is 10.1 Å². The molecule has 4 rings (SSSR count). The van der Waals surface area contributed by atoms with Crippen LogP contribution in [0.4, 0.5) is 27.5 Å². The topological polar surface area (TPSA) is 57.2 Å². The fourth-order valence-corrected chi connectivity index (χ4v) is 3.21. The van der Waals surface area contributed by atoms with Crippen LogP contribution in [-0.2, 0) is 0 Å². The van der Waals surface area contributed by atoms with Crippen LogP contribution in [0.15, 0.2) is 54.7 Å². The summed E-state index contributed by atoms with van der Waals surface area (Å²) in [5.74, 6) is 1.05. The van der Waals surface area contributed by atoms with E-state index in [2.05, 4.69) is 31.5 Å². The average Bonchev–Trinajstić information content (AvgIpc) is 2.69. The van der Waals surface area contributed by atoms with E-state index in [0.29, 0.717) is 43.6 Å². The first-order valence-electron chi connectivity index (χ1n) is 8.97. The first kappa shape index (κ1) is 17.2. The Morgan fingerprint density at radius 2 is 1.74 bits per heavy atom. The van der Waals surface area contributed by atoms with E-state index in [0.717, 1.165) is 5.69 Å². The van der Waals surface area contributed by atoms with E-state index in [1.165, 1.54) is 11.6 Å². The molecule has 0 spiro atoms. The Bertz CT molecular complexity index is 924. The Morgan fingerprint density at radius 1 is 0.963 bits per heavy atom. The third-order valence-electron chi connectivity index (χ3n) is 4.59. The monoisotopic (exact) mass is 364 g/mol. The van der Waals surface area contributed by atoms with Crippen LogP contribution >= 0.6 is 0 Å². The molecule has 0 aliphatic carbocycles. The summed E-state index contributed by atoms with van der Waals surface area (Å²) in [6.07, 6.45) is 1.61. The van der Waals surface area contributed by atoms with Crippen LogP contribution in [0, 0.1) is 12.7 Å². The zero-order valence-corrected chi connectivity index (χ0v) is 15.1. The zero-order chi connectivity index (χ0) is 18.6. The molecule has 2 aromatic carbocycles. The van der Waals surface area contributed by atoms with Crippen molar-refractivity contribution in [1.82, 2.24) is 15.2 Å². The number of rotatable bonds is 4. The van der Waals surface area contributed by atoms with Crippen LogP contribution in [0.1, 0.15) is 5.56 Å². The molecule has 1 aliphatic rings. The summed E-state index contributed by atoms with van der Waals surface area (Å²) >= 11 is 0. The van der Waals surface area contributed by atoms with Crippen molar-refractivity contribution in [3.63, 3.8) is 0 Å². The highest BCUT2D eigenvalue weighted by Gasteiger charge is 2.21. The summed E-state index contributed by atoms with van der Waals surface area (Å²) in [6, 6.07) is 15.0. The minimum absolute atomic E-state index is 0.187. The molecule has 2 heterocycles. The van der Waals surface area contributed by atoms with Crippen molar-refractivity contribution >= 4 is 23.1 Å². The SMILES string of the molecule is Cc1cccc(Nc2cnnc(N3CCN(c4ccccc4F)CC3)n2)c1. The molecule has 0 atom stereocenters. The lowest BCUT2D eigenvalue weighted by Gasteiger charge is -2.36. The molecular weight excluding hydrogens is 343 g/mol. The van der Waals surface area contributed by atoms with E-state index in [1.54, 1.807) is 12.3 Å². The molecule has 3 aromatic rings. The molecule has 0 unspecified atom stereocenters. The Labute approximate surface area is 157 Å². The highest BCUT2D eigenvalue weighted by molar-refractivity contribution is 5.57. The van der Waals surface area contributed by atoms with Crippen molar-refractivity contribution in [2.75, 3.05) is 41.3 Å². The number of hydrogen-bond acceptors (Lipinski definition) is 6. The second kappa shape index (κ2) is 7.57. The first-order chi connectivity index (χ1) is 13.2. The van der Waals surface area contributed by atoms with E-state index in [-0.39, 0.29) is 5.82 Å². The molecular formula is C20H21FN6. The average molecular weight is 364 g/mol. The molecule has 1 N–H and O–H groups in total. The van der Waals surface area contributed by atoms with Crippen LogP contribution < -0.4 is 15.1 Å². The van der Waals surface area contributed by atoms with Gasteiger partial charge in [-0.1, -0.05) is 24.3 Å². The predicted octanol–water partition coefficient (Wildman–Crippen LogP) is 3.39. The smallest absolute Gasteiger partial charge is 0.247 e. The van der Waals surface area contributed by atoms with Crippen LogP contribution in [0.2, 0.25) is 0 Å². The molecule has 7 heteroatoms. The van der Waals surface area contributed by atoms with E-state index in [1.807, 2.05) is 42.2 Å². The molecule has 1 aliphatic heterocycles. The number of para-hydroxylation sites is 1. The van der Waals surface area contributed by atoms with Gasteiger partial charge in [0, 0.05) is 31.9 Å². The number of aromatic nitrogens is 3. The fraction of sp³-hybridized carbons (Fsp3) is 0.250. The molecule has 0 amide bonds. The van der Waals surface area contributed by atoms with Crippen LogP contribution in [0.5, 0.6) is 0 Å². The highest BCUT2D eigenvalue weighted by Crippen LogP contribution is 2.22. The lowest BCUT2D eigenvalue weighted by Crippen LogP contribution is -2.47. The molecule has 0 radical (unpaired) electrons. The maximum atomic E-state index is 14.0. The minimum Gasteiger partial charge on any atom is -0.366 e. The molecule has 1 saturated heterocycles. The fourth-order valence-electron chi connectivity index (χ4n) is 3.21. The number of hydrogen-bond donors (Lipinski definition) is 1. The lowest BCUT2D eigenvalue weighted by molar-refractivity contribution is 0.592. The molecule has 27 heavy (non-hydrogen) atoms. The van der Waals surface area contributed by atoms with Gasteiger partial charge in [0.05, 0.1) is 11.9 Å². The van der Waals surface area contributed by atoms with Gasteiger partial charge in [-0.25, -0.2) is 4.39 Å². The molecule has 6 nitrogen and oxygen atoms in total. The maximum absolute atomic E-state index is 14.0. The number of halogens is 1. The second-order valence-corrected chi connectivity index (χ2v) is 6.56. The highest BCUT2D eigenvalue weighted by atomic mass is 19.1. The normalized spacial score (nSPS) is 14.3. The number of nitrogens with one attached hydrogen (secondary N) is 1. The van der Waals surface area contributed by atoms with E-state index in [4.69, 9.17) is 0 Å². The summed E-state index contributed by atoms with van der Waals surface area (Å²) in [7, 11) is 0. The van der Waals surface area contributed by atoms with Gasteiger partial charge in [-0.3, -0.25) is 0 Å². The molecule has 138 valence electrons. The third-order valence-corrected chi connectivity index (χ3v) is 4.59. The van der Waals surface area contributed by atoms with Gasteiger partial charge in [-0.05, 0) is 36.8 Å². The summed E-state index contributed by atoms with van der Waals surface area (Å²) in [5, 5.41) is 11.5. The summed E-state index contributed by atoms with van der Waals surface area (Å²) < 4.78 is 14.0. The molecule has 1 aromatic heterocycles. The summed E-state index contributed by atoms with van der Waals surface area (Å²) in [6.45, 7) is 4.89. The number of aryl methyl sites for hydroxylation is 1. The summed E-state index contributed by atoms with van der Waals surface area (Å²) in [5.41, 5.74) is 2.78. The molecule has 0 bridgehead atoms. The summed E-state index contributed by atoms with van der Waals surface area (Å²) in [4.78, 5) is 8.71. The number of piperazine rings is 1. The first-order valence-corrected chi connectivity index (χ1v) is 8.97. The van der Waals surface area contributed by atoms with Gasteiger partial charge >= 0.3 is 0 Å². The van der Waals surface area contributed by atoms with Gasteiger partial charge in [0.25, 0.3) is 0 Å². The van der Waals surface area contributed by atoms with E-state index in [9.17, 15) is 4.39 Å². The Balaban J connectivity index is 1.43. The van der Waals surface area contributed by atoms with E-state index < -0.39 is 0 Å². The van der Waals surface area contributed by atoms with Crippen molar-refractivity contribution in [2.24, 2.45) is 0 Å². The van der Waals surface area contributed by atoms with Crippen LogP contribution in [-0.4, -0.2) is 41.4 Å². The Kier molecular flexibility index (Phi) is 4.82. The third kappa shape index (κ3) is 3.97. The Hall–Kier alpha value is -3.22. The predicted molar refractivity (Wildman–Crippen MR) is 105 cm³/mol. The minimum atomic E-state index is -0.187. The molecule has 0 saturated carbocycles. The Morgan fingerprint density at radius 3 is 2.52 bits per heavy atom. The number of anilines is 4. The van der Waals surface area contributed by atoms with Crippen molar-refractivity contribution in [3.8, 4) is 0 Å². The second-order valence-electron chi connectivity index (χ2n) is 6.56. The zero-order valence-electron chi connectivity index (χ0n) is 15.1. The molecule has 1 fully saturated rings. The van der Waals surface area contributed by atoms with E-state index >= 15 is 0 Å². The van der Waals surface area contributed by atoms with Crippen molar-refractivity contribution in [1.29, 1.82) is 0 Å². The van der Waals surface area contributed by atoms with Gasteiger partial charge < -0.3 is 15.1 Å². The van der Waals surface area contributed by atoms with Crippen LogP contribution in [0.3, 0.4) is 0 Å². The van der Waals surface area contributed by atoms with Crippen LogP contribution in [0.25, 0.3) is 0 Å². The van der Waals surface area contributed by atoms with Gasteiger partial charge in [0.15, 0.2) is 5.82 Å². The van der Waals surface area contributed by atoms with Crippen molar-refractivity contribution < 1.29 is 4.39 Å². The number of nitrogens with zero attached hydrogens (tertiary/aromatic N) is 5. The lowest BCUT2D eigenvalue weighted by atomic mass is 10.2. The number of benzene rings is 2. The van der Waals surface area contributed by atoms with Gasteiger partial charge in [0.2, 0.25) is 5.95 Å². The van der Waals surface area contributed by atoms with Crippen molar-refractivity contribution in [3.05, 3.63) is 66.1 Å². The van der Waals surface area contributed by atoms with Gasteiger partial charge in [-0.15, -0.1) is 5.10 Å². The largest absolute Gasteiger partial charge is 0.366 e. The standard InChI is InChI=1S/C20H21FN6/c1-15-5-4-6-16(13-15)23-19-14-22-25-20(24-19)27-11-9-26(10-12-27)18-8-3-2-7-17(18)21/h2-8,13-14H,9-12H2,1H3,(H,23,24,25). The van der Waals surface area contributed by atoms with Crippen molar-refractivity contribution in [2.45, 2.75) is 6.92 Å².